The number of nitrogens with zero attached hydrogens (tertiary/aromatic N) is 1. The van der Waals surface area contributed by atoms with Crippen LogP contribution < -0.4 is 10.6 Å². The van der Waals surface area contributed by atoms with E-state index in [2.05, 4.69) is 17.6 Å². The van der Waals surface area contributed by atoms with Gasteiger partial charge in [0.15, 0.2) is 0 Å². The van der Waals surface area contributed by atoms with Gasteiger partial charge in [-0.25, -0.2) is 0 Å². The summed E-state index contributed by atoms with van der Waals surface area (Å²) in [5, 5.41) is 6.07. The van der Waals surface area contributed by atoms with E-state index in [-0.39, 0.29) is 36.3 Å². The van der Waals surface area contributed by atoms with Crippen molar-refractivity contribution in [2.75, 3.05) is 13.1 Å². The van der Waals surface area contributed by atoms with E-state index < -0.39 is 0 Å². The van der Waals surface area contributed by atoms with Gasteiger partial charge in [-0.05, 0) is 20.3 Å². The fraction of sp³-hybridized carbons (Fsp3) is 0.818. The molecule has 2 N–H and O–H groups in total. The van der Waals surface area contributed by atoms with Gasteiger partial charge in [0.05, 0.1) is 0 Å². The second-order valence-electron chi connectivity index (χ2n) is 4.67. The minimum absolute atomic E-state index is 0. The first-order valence-corrected chi connectivity index (χ1v) is 5.93. The Bertz CT molecular complexity index is 311. The second-order valence-corrected chi connectivity index (χ2v) is 4.67. The lowest BCUT2D eigenvalue weighted by molar-refractivity contribution is -0.137. The van der Waals surface area contributed by atoms with Crippen molar-refractivity contribution in [3.8, 4) is 0 Å². The van der Waals surface area contributed by atoms with Crippen LogP contribution in [0.25, 0.3) is 0 Å². The van der Waals surface area contributed by atoms with E-state index in [1.807, 2.05) is 11.8 Å². The first-order chi connectivity index (χ1) is 7.59. The van der Waals surface area contributed by atoms with Crippen molar-refractivity contribution in [3.63, 3.8) is 0 Å². The van der Waals surface area contributed by atoms with Crippen LogP contribution in [0.1, 0.15) is 26.7 Å². The lowest BCUT2D eigenvalue weighted by atomic mass is 10.1. The molecule has 0 aromatic rings. The SMILES string of the molecule is CC1NCCN(C(=O)[C@H]2CCC(=O)N2)C1C.Cl. The monoisotopic (exact) mass is 261 g/mol. The highest BCUT2D eigenvalue weighted by atomic mass is 35.5. The van der Waals surface area contributed by atoms with Gasteiger partial charge < -0.3 is 15.5 Å². The molecule has 2 fully saturated rings. The number of halogens is 1. The maximum absolute atomic E-state index is 12.2. The van der Waals surface area contributed by atoms with Crippen LogP contribution in [-0.4, -0.2) is 47.9 Å². The van der Waals surface area contributed by atoms with Gasteiger partial charge in [-0.1, -0.05) is 0 Å². The first-order valence-electron chi connectivity index (χ1n) is 5.93. The Kier molecular flexibility index (Phi) is 4.77. The molecule has 0 aromatic carbocycles. The lowest BCUT2D eigenvalue weighted by Crippen LogP contribution is -2.60. The summed E-state index contributed by atoms with van der Waals surface area (Å²) in [5.74, 6) is 0.0703. The highest BCUT2D eigenvalue weighted by Crippen LogP contribution is 2.15. The Morgan fingerprint density at radius 3 is 2.71 bits per heavy atom. The molecule has 2 aliphatic heterocycles. The summed E-state index contributed by atoms with van der Waals surface area (Å²) in [7, 11) is 0. The van der Waals surface area contributed by atoms with Crippen LogP contribution in [-0.2, 0) is 9.59 Å². The minimum Gasteiger partial charge on any atom is -0.344 e. The molecule has 98 valence electrons. The van der Waals surface area contributed by atoms with Gasteiger partial charge in [-0.2, -0.15) is 0 Å². The van der Waals surface area contributed by atoms with Crippen molar-refractivity contribution in [1.82, 2.24) is 15.5 Å². The molecule has 2 unspecified atom stereocenters. The average Bonchev–Trinajstić information content (AvgIpc) is 2.68. The lowest BCUT2D eigenvalue weighted by Gasteiger charge is -2.39. The third kappa shape index (κ3) is 2.90. The van der Waals surface area contributed by atoms with Crippen molar-refractivity contribution in [1.29, 1.82) is 0 Å². The summed E-state index contributed by atoms with van der Waals surface area (Å²) in [4.78, 5) is 25.2. The molecule has 0 saturated carbocycles. The predicted octanol–water partition coefficient (Wildman–Crippen LogP) is -0.104. The molecule has 2 heterocycles. The van der Waals surface area contributed by atoms with Crippen molar-refractivity contribution < 1.29 is 9.59 Å². The van der Waals surface area contributed by atoms with Gasteiger partial charge in [-0.3, -0.25) is 9.59 Å². The number of carbonyl (C=O) groups excluding carboxylic acids is 2. The van der Waals surface area contributed by atoms with Crippen molar-refractivity contribution in [2.24, 2.45) is 0 Å². The van der Waals surface area contributed by atoms with E-state index in [1.165, 1.54) is 0 Å². The number of hydrogen-bond donors (Lipinski definition) is 2. The molecule has 17 heavy (non-hydrogen) atoms. The Hall–Kier alpha value is -0.810. The van der Waals surface area contributed by atoms with E-state index >= 15 is 0 Å². The molecule has 3 atom stereocenters. The van der Waals surface area contributed by atoms with Gasteiger partial charge >= 0.3 is 0 Å². The van der Waals surface area contributed by atoms with Crippen LogP contribution in [0.4, 0.5) is 0 Å². The number of nitrogens with one attached hydrogen (secondary N) is 2. The molecule has 0 aliphatic carbocycles. The fourth-order valence-corrected chi connectivity index (χ4v) is 2.37. The Morgan fingerprint density at radius 1 is 1.41 bits per heavy atom. The van der Waals surface area contributed by atoms with E-state index in [1.54, 1.807) is 0 Å². The second kappa shape index (κ2) is 5.69. The van der Waals surface area contributed by atoms with Crippen LogP contribution in [0.15, 0.2) is 0 Å². The van der Waals surface area contributed by atoms with E-state index in [0.717, 1.165) is 13.1 Å². The van der Waals surface area contributed by atoms with Gasteiger partial charge in [0.1, 0.15) is 6.04 Å². The number of amides is 2. The Labute approximate surface area is 108 Å². The van der Waals surface area contributed by atoms with Crippen LogP contribution >= 0.6 is 12.4 Å². The molecular formula is C11H20ClN3O2. The molecule has 2 rings (SSSR count). The molecule has 2 amide bonds. The zero-order chi connectivity index (χ0) is 11.7. The van der Waals surface area contributed by atoms with Gasteiger partial charge in [-0.15, -0.1) is 12.4 Å². The van der Waals surface area contributed by atoms with E-state index in [0.29, 0.717) is 18.9 Å². The average molecular weight is 262 g/mol. The fourth-order valence-electron chi connectivity index (χ4n) is 2.37. The third-order valence-electron chi connectivity index (χ3n) is 3.61. The third-order valence-corrected chi connectivity index (χ3v) is 3.61. The van der Waals surface area contributed by atoms with Gasteiger partial charge in [0, 0.05) is 31.6 Å². The van der Waals surface area contributed by atoms with Crippen molar-refractivity contribution in [2.45, 2.75) is 44.8 Å². The standard InChI is InChI=1S/C11H19N3O2.ClH/c1-7-8(2)14(6-5-12-7)11(16)9-3-4-10(15)13-9;/h7-9,12H,3-6H2,1-2H3,(H,13,15);1H/t7?,8?,9-;/m1./s1. The summed E-state index contributed by atoms with van der Waals surface area (Å²) in [6.07, 6.45) is 1.12. The molecule has 2 saturated heterocycles. The summed E-state index contributed by atoms with van der Waals surface area (Å²) in [5.41, 5.74) is 0. The van der Waals surface area contributed by atoms with Crippen LogP contribution in [0, 0.1) is 0 Å². The zero-order valence-corrected chi connectivity index (χ0v) is 11.0. The Morgan fingerprint density at radius 2 is 2.12 bits per heavy atom. The quantitative estimate of drug-likeness (QED) is 0.693. The highest BCUT2D eigenvalue weighted by Gasteiger charge is 2.35. The largest absolute Gasteiger partial charge is 0.344 e. The molecule has 2 aliphatic rings. The van der Waals surface area contributed by atoms with Crippen molar-refractivity contribution in [3.05, 3.63) is 0 Å². The van der Waals surface area contributed by atoms with Crippen LogP contribution in [0.2, 0.25) is 0 Å². The van der Waals surface area contributed by atoms with Crippen molar-refractivity contribution >= 4 is 24.2 Å². The van der Waals surface area contributed by atoms with Crippen LogP contribution in [0.5, 0.6) is 0 Å². The Balaban J connectivity index is 0.00000144. The topological polar surface area (TPSA) is 61.4 Å². The molecule has 0 bridgehead atoms. The first kappa shape index (κ1) is 14.3. The number of carbonyl (C=O) groups is 2. The molecule has 0 spiro atoms. The molecule has 0 radical (unpaired) electrons. The summed E-state index contributed by atoms with van der Waals surface area (Å²) in [6.45, 7) is 5.69. The van der Waals surface area contributed by atoms with E-state index in [9.17, 15) is 9.59 Å². The van der Waals surface area contributed by atoms with Gasteiger partial charge in [0.2, 0.25) is 11.8 Å². The van der Waals surface area contributed by atoms with Crippen LogP contribution in [0.3, 0.4) is 0 Å². The smallest absolute Gasteiger partial charge is 0.245 e. The summed E-state index contributed by atoms with van der Waals surface area (Å²) < 4.78 is 0. The molecule has 0 aromatic heterocycles. The number of rotatable bonds is 1. The van der Waals surface area contributed by atoms with E-state index in [4.69, 9.17) is 0 Å². The maximum Gasteiger partial charge on any atom is 0.245 e. The zero-order valence-electron chi connectivity index (χ0n) is 10.2. The maximum atomic E-state index is 12.2. The number of hydrogen-bond acceptors (Lipinski definition) is 3. The highest BCUT2D eigenvalue weighted by molar-refractivity contribution is 5.91. The summed E-state index contributed by atoms with van der Waals surface area (Å²) in [6, 6.07) is 0.216. The minimum atomic E-state index is -0.291. The molecule has 6 heteroatoms. The molecular weight excluding hydrogens is 242 g/mol. The number of piperazine rings is 1. The summed E-state index contributed by atoms with van der Waals surface area (Å²) >= 11 is 0. The van der Waals surface area contributed by atoms with Gasteiger partial charge in [0.25, 0.3) is 0 Å². The molecule has 5 nitrogen and oxygen atoms in total. The predicted molar refractivity (Wildman–Crippen MR) is 67.1 cm³/mol. The normalized spacial score (nSPS) is 32.9.